The first-order chi connectivity index (χ1) is 9.18. The molecule has 0 spiro atoms. The van der Waals surface area contributed by atoms with Crippen LogP contribution in [0.4, 0.5) is 4.39 Å². The first kappa shape index (κ1) is 14.0. The lowest BCUT2D eigenvalue weighted by atomic mass is 10.1. The molecule has 19 heavy (non-hydrogen) atoms. The number of aryl methyl sites for hydroxylation is 1. The minimum absolute atomic E-state index is 0.131. The third kappa shape index (κ3) is 4.34. The van der Waals surface area contributed by atoms with Gasteiger partial charge in [0.1, 0.15) is 5.82 Å². The molecule has 1 aromatic carbocycles. The summed E-state index contributed by atoms with van der Waals surface area (Å²) in [5, 5.41) is 2.97. The Bertz CT molecular complexity index is 429. The quantitative estimate of drug-likeness (QED) is 0.751. The molecule has 104 valence electrons. The molecule has 0 bridgehead atoms. The highest BCUT2D eigenvalue weighted by atomic mass is 19.1. The Morgan fingerprint density at radius 2 is 2.11 bits per heavy atom. The number of nitrogens with one attached hydrogen (secondary N) is 1. The van der Waals surface area contributed by atoms with Crippen molar-refractivity contribution in [3.05, 3.63) is 35.6 Å². The zero-order chi connectivity index (χ0) is 13.7. The fourth-order valence-electron chi connectivity index (χ4n) is 2.32. The first-order valence-corrected chi connectivity index (χ1v) is 7.19. The normalized spacial score (nSPS) is 16.1. The maximum absolute atomic E-state index is 13.4. The Labute approximate surface area is 114 Å². The summed E-state index contributed by atoms with van der Waals surface area (Å²) >= 11 is 0. The van der Waals surface area contributed by atoms with E-state index < -0.39 is 0 Å². The SMILES string of the molecule is CC(C(=O)NCCCCc1ccccc1F)C1CC1. The molecule has 0 aliphatic heterocycles. The van der Waals surface area contributed by atoms with E-state index in [-0.39, 0.29) is 17.6 Å². The van der Waals surface area contributed by atoms with Gasteiger partial charge in [0.15, 0.2) is 0 Å². The lowest BCUT2D eigenvalue weighted by Gasteiger charge is -2.10. The van der Waals surface area contributed by atoms with E-state index in [1.807, 2.05) is 19.1 Å². The molecule has 1 amide bonds. The van der Waals surface area contributed by atoms with Crippen LogP contribution in [0.25, 0.3) is 0 Å². The summed E-state index contributed by atoms with van der Waals surface area (Å²) in [6, 6.07) is 6.88. The molecule has 0 radical (unpaired) electrons. The van der Waals surface area contributed by atoms with Crippen molar-refractivity contribution in [1.29, 1.82) is 0 Å². The molecule has 1 aliphatic rings. The Balaban J connectivity index is 1.59. The maximum atomic E-state index is 13.4. The molecule has 1 fully saturated rings. The molecule has 1 atom stereocenters. The lowest BCUT2D eigenvalue weighted by Crippen LogP contribution is -2.31. The second-order valence-electron chi connectivity index (χ2n) is 5.47. The van der Waals surface area contributed by atoms with E-state index >= 15 is 0 Å². The van der Waals surface area contributed by atoms with Crippen LogP contribution in [0.5, 0.6) is 0 Å². The van der Waals surface area contributed by atoms with Gasteiger partial charge in [-0.25, -0.2) is 4.39 Å². The van der Waals surface area contributed by atoms with Gasteiger partial charge in [-0.15, -0.1) is 0 Å². The van der Waals surface area contributed by atoms with Crippen LogP contribution in [0.1, 0.15) is 38.2 Å². The van der Waals surface area contributed by atoms with Gasteiger partial charge in [-0.3, -0.25) is 4.79 Å². The summed E-state index contributed by atoms with van der Waals surface area (Å²) in [6.07, 6.45) is 4.93. The van der Waals surface area contributed by atoms with Crippen molar-refractivity contribution in [2.45, 2.75) is 39.0 Å². The Morgan fingerprint density at radius 1 is 1.37 bits per heavy atom. The van der Waals surface area contributed by atoms with Crippen molar-refractivity contribution < 1.29 is 9.18 Å². The van der Waals surface area contributed by atoms with Gasteiger partial charge in [0.25, 0.3) is 0 Å². The lowest BCUT2D eigenvalue weighted by molar-refractivity contribution is -0.125. The summed E-state index contributed by atoms with van der Waals surface area (Å²) in [4.78, 5) is 11.7. The van der Waals surface area contributed by atoms with E-state index in [9.17, 15) is 9.18 Å². The van der Waals surface area contributed by atoms with Crippen molar-refractivity contribution in [2.24, 2.45) is 11.8 Å². The van der Waals surface area contributed by atoms with Crippen molar-refractivity contribution in [3.8, 4) is 0 Å². The van der Waals surface area contributed by atoms with Crippen LogP contribution in [-0.2, 0) is 11.2 Å². The minimum atomic E-state index is -0.131. The summed E-state index contributed by atoms with van der Waals surface area (Å²) in [6.45, 7) is 2.71. The van der Waals surface area contributed by atoms with E-state index in [1.54, 1.807) is 6.07 Å². The predicted octanol–water partition coefficient (Wildman–Crippen LogP) is 3.31. The second kappa shape index (κ2) is 6.69. The number of carbonyl (C=O) groups is 1. The number of carbonyl (C=O) groups excluding carboxylic acids is 1. The average Bonchev–Trinajstić information content (AvgIpc) is 3.23. The number of unbranched alkanes of at least 4 members (excludes halogenated alkanes) is 1. The average molecular weight is 263 g/mol. The fourth-order valence-corrected chi connectivity index (χ4v) is 2.32. The van der Waals surface area contributed by atoms with Gasteiger partial charge in [0.05, 0.1) is 0 Å². The van der Waals surface area contributed by atoms with Crippen molar-refractivity contribution in [3.63, 3.8) is 0 Å². The third-order valence-electron chi connectivity index (χ3n) is 3.87. The van der Waals surface area contributed by atoms with Crippen LogP contribution in [0, 0.1) is 17.7 Å². The van der Waals surface area contributed by atoms with E-state index in [0.717, 1.165) is 24.8 Å². The van der Waals surface area contributed by atoms with Crippen LogP contribution in [0.2, 0.25) is 0 Å². The molecule has 1 saturated carbocycles. The minimum Gasteiger partial charge on any atom is -0.356 e. The number of rotatable bonds is 7. The third-order valence-corrected chi connectivity index (χ3v) is 3.87. The number of halogens is 1. The highest BCUT2D eigenvalue weighted by Gasteiger charge is 2.32. The summed E-state index contributed by atoms with van der Waals surface area (Å²) in [7, 11) is 0. The van der Waals surface area contributed by atoms with Crippen molar-refractivity contribution in [2.75, 3.05) is 6.54 Å². The summed E-state index contributed by atoms with van der Waals surface area (Å²) in [5.41, 5.74) is 0.764. The zero-order valence-corrected chi connectivity index (χ0v) is 11.5. The summed E-state index contributed by atoms with van der Waals surface area (Å²) in [5.74, 6) is 0.812. The molecule has 1 aliphatic carbocycles. The number of hydrogen-bond donors (Lipinski definition) is 1. The van der Waals surface area contributed by atoms with Crippen molar-refractivity contribution in [1.82, 2.24) is 5.32 Å². The van der Waals surface area contributed by atoms with Gasteiger partial charge >= 0.3 is 0 Å². The van der Waals surface area contributed by atoms with Gasteiger partial charge < -0.3 is 5.32 Å². The number of hydrogen-bond acceptors (Lipinski definition) is 1. The first-order valence-electron chi connectivity index (χ1n) is 7.19. The van der Waals surface area contributed by atoms with Crippen LogP contribution in [0.15, 0.2) is 24.3 Å². The maximum Gasteiger partial charge on any atom is 0.223 e. The molecule has 2 nitrogen and oxygen atoms in total. The molecule has 1 aromatic rings. The van der Waals surface area contributed by atoms with Crippen LogP contribution >= 0.6 is 0 Å². The number of benzene rings is 1. The van der Waals surface area contributed by atoms with Gasteiger partial charge in [-0.2, -0.15) is 0 Å². The van der Waals surface area contributed by atoms with E-state index in [2.05, 4.69) is 5.32 Å². The predicted molar refractivity (Wildman–Crippen MR) is 74.2 cm³/mol. The molecule has 3 heteroatoms. The van der Waals surface area contributed by atoms with Gasteiger partial charge in [-0.1, -0.05) is 25.1 Å². The Kier molecular flexibility index (Phi) is 4.94. The molecule has 1 N–H and O–H groups in total. The smallest absolute Gasteiger partial charge is 0.223 e. The Hall–Kier alpha value is -1.38. The van der Waals surface area contributed by atoms with E-state index in [1.165, 1.54) is 18.9 Å². The monoisotopic (exact) mass is 263 g/mol. The largest absolute Gasteiger partial charge is 0.356 e. The standard InChI is InChI=1S/C16H22FNO/c1-12(13-9-10-13)16(19)18-11-5-4-7-14-6-2-3-8-15(14)17/h2-3,6,8,12-13H,4-5,7,9-11H2,1H3,(H,18,19). The van der Waals surface area contributed by atoms with Gasteiger partial charge in [-0.05, 0) is 49.7 Å². The van der Waals surface area contributed by atoms with Crippen molar-refractivity contribution >= 4 is 5.91 Å². The van der Waals surface area contributed by atoms with E-state index in [4.69, 9.17) is 0 Å². The molecule has 2 rings (SSSR count). The zero-order valence-electron chi connectivity index (χ0n) is 11.5. The van der Waals surface area contributed by atoms with E-state index in [0.29, 0.717) is 12.5 Å². The second-order valence-corrected chi connectivity index (χ2v) is 5.47. The highest BCUT2D eigenvalue weighted by Crippen LogP contribution is 2.36. The fraction of sp³-hybridized carbons (Fsp3) is 0.562. The molecule has 0 saturated heterocycles. The van der Waals surface area contributed by atoms with Crippen LogP contribution in [-0.4, -0.2) is 12.5 Å². The summed E-state index contributed by atoms with van der Waals surface area (Å²) < 4.78 is 13.4. The number of amides is 1. The van der Waals surface area contributed by atoms with Crippen LogP contribution < -0.4 is 5.32 Å². The molecular weight excluding hydrogens is 241 g/mol. The topological polar surface area (TPSA) is 29.1 Å². The van der Waals surface area contributed by atoms with Gasteiger partial charge in [0, 0.05) is 12.5 Å². The Morgan fingerprint density at radius 3 is 2.79 bits per heavy atom. The molecule has 0 heterocycles. The molecular formula is C16H22FNO. The molecule has 0 aromatic heterocycles. The van der Waals surface area contributed by atoms with Gasteiger partial charge in [0.2, 0.25) is 5.91 Å². The van der Waals surface area contributed by atoms with Crippen LogP contribution in [0.3, 0.4) is 0 Å². The highest BCUT2D eigenvalue weighted by molar-refractivity contribution is 5.78. The molecule has 1 unspecified atom stereocenters.